The monoisotopic (exact) mass is 206 g/mol. The van der Waals surface area contributed by atoms with Gasteiger partial charge in [-0.3, -0.25) is 0 Å². The normalized spacial score (nSPS) is 36.7. The van der Waals surface area contributed by atoms with Crippen molar-refractivity contribution in [2.75, 3.05) is 0 Å². The SMILES string of the molecule is C/C=C1/CCCCC2=CC1(C)C2C.CC. The Morgan fingerprint density at radius 1 is 1.27 bits per heavy atom. The highest BCUT2D eigenvalue weighted by atomic mass is 14.5. The molecule has 0 amide bonds. The van der Waals surface area contributed by atoms with Crippen LogP contribution in [0.1, 0.15) is 60.3 Å². The topological polar surface area (TPSA) is 0 Å². The van der Waals surface area contributed by atoms with Crippen LogP contribution in [0.25, 0.3) is 0 Å². The summed E-state index contributed by atoms with van der Waals surface area (Å²) in [5.74, 6) is 0.805. The van der Waals surface area contributed by atoms with Gasteiger partial charge in [0.15, 0.2) is 0 Å². The molecule has 3 aliphatic carbocycles. The van der Waals surface area contributed by atoms with E-state index in [0.717, 1.165) is 5.92 Å². The van der Waals surface area contributed by atoms with Gasteiger partial charge in [0.1, 0.15) is 0 Å². The zero-order valence-corrected chi connectivity index (χ0v) is 11.1. The van der Waals surface area contributed by atoms with E-state index in [1.165, 1.54) is 25.7 Å². The highest BCUT2D eigenvalue weighted by Gasteiger charge is 2.42. The van der Waals surface area contributed by atoms with Gasteiger partial charge in [-0.1, -0.05) is 51.0 Å². The van der Waals surface area contributed by atoms with Crippen molar-refractivity contribution in [3.63, 3.8) is 0 Å². The molecule has 1 fully saturated rings. The minimum atomic E-state index is 0.421. The van der Waals surface area contributed by atoms with Gasteiger partial charge in [0.05, 0.1) is 0 Å². The molecule has 3 aliphatic rings. The molecule has 0 nitrogen and oxygen atoms in total. The highest BCUT2D eigenvalue weighted by molar-refractivity contribution is 5.38. The van der Waals surface area contributed by atoms with Crippen molar-refractivity contribution in [1.82, 2.24) is 0 Å². The maximum absolute atomic E-state index is 2.52. The first-order valence-electron chi connectivity index (χ1n) is 6.56. The van der Waals surface area contributed by atoms with Gasteiger partial charge in [-0.15, -0.1) is 0 Å². The molecule has 3 rings (SSSR count). The molecule has 1 saturated carbocycles. The second-order valence-electron chi connectivity index (χ2n) is 4.74. The van der Waals surface area contributed by atoms with Crippen LogP contribution < -0.4 is 0 Å². The van der Waals surface area contributed by atoms with Gasteiger partial charge in [-0.2, -0.15) is 0 Å². The number of hydrogen-bond acceptors (Lipinski definition) is 0. The van der Waals surface area contributed by atoms with E-state index in [4.69, 9.17) is 0 Å². The van der Waals surface area contributed by atoms with Crippen molar-refractivity contribution in [2.24, 2.45) is 11.3 Å². The lowest BCUT2D eigenvalue weighted by atomic mass is 9.57. The Morgan fingerprint density at radius 3 is 2.40 bits per heavy atom. The molecular formula is C15H26. The predicted octanol–water partition coefficient (Wildman–Crippen LogP) is 5.12. The molecule has 2 atom stereocenters. The minimum absolute atomic E-state index is 0.421. The molecule has 0 saturated heterocycles. The summed E-state index contributed by atoms with van der Waals surface area (Å²) in [5, 5.41) is 0. The van der Waals surface area contributed by atoms with Crippen LogP contribution in [0.3, 0.4) is 0 Å². The van der Waals surface area contributed by atoms with E-state index in [9.17, 15) is 0 Å². The van der Waals surface area contributed by atoms with Crippen LogP contribution in [0.2, 0.25) is 0 Å². The van der Waals surface area contributed by atoms with Gasteiger partial charge >= 0.3 is 0 Å². The predicted molar refractivity (Wildman–Crippen MR) is 68.9 cm³/mol. The van der Waals surface area contributed by atoms with Gasteiger partial charge < -0.3 is 0 Å². The van der Waals surface area contributed by atoms with Crippen LogP contribution in [0.4, 0.5) is 0 Å². The van der Waals surface area contributed by atoms with E-state index < -0.39 is 0 Å². The van der Waals surface area contributed by atoms with Crippen LogP contribution in [-0.2, 0) is 0 Å². The molecule has 0 aromatic carbocycles. The molecule has 0 aliphatic heterocycles. The molecule has 0 aromatic heterocycles. The maximum atomic E-state index is 2.52. The van der Waals surface area contributed by atoms with E-state index in [1.807, 2.05) is 13.8 Å². The molecule has 0 aromatic rings. The molecule has 0 radical (unpaired) electrons. The summed E-state index contributed by atoms with van der Waals surface area (Å²) >= 11 is 0. The average molecular weight is 206 g/mol. The molecule has 15 heavy (non-hydrogen) atoms. The lowest BCUT2D eigenvalue weighted by Gasteiger charge is -2.47. The first-order chi connectivity index (χ1) is 7.18. The Labute approximate surface area is 95.5 Å². The van der Waals surface area contributed by atoms with Crippen LogP contribution >= 0.6 is 0 Å². The Bertz CT molecular complexity index is 270. The zero-order valence-electron chi connectivity index (χ0n) is 11.1. The third-order valence-electron chi connectivity index (χ3n) is 4.14. The third-order valence-corrected chi connectivity index (χ3v) is 4.14. The Kier molecular flexibility index (Phi) is 4.19. The first-order valence-corrected chi connectivity index (χ1v) is 6.56. The summed E-state index contributed by atoms with van der Waals surface area (Å²) < 4.78 is 0. The molecule has 0 spiro atoms. The lowest BCUT2D eigenvalue weighted by Crippen LogP contribution is -2.36. The van der Waals surface area contributed by atoms with E-state index >= 15 is 0 Å². The van der Waals surface area contributed by atoms with Crippen LogP contribution in [0, 0.1) is 11.3 Å². The summed E-state index contributed by atoms with van der Waals surface area (Å²) in [4.78, 5) is 0. The van der Waals surface area contributed by atoms with Gasteiger partial charge in [-0.05, 0) is 38.5 Å². The summed E-state index contributed by atoms with van der Waals surface area (Å²) in [6.07, 6.45) is 10.3. The summed E-state index contributed by atoms with van der Waals surface area (Å²) in [7, 11) is 0. The summed E-state index contributed by atoms with van der Waals surface area (Å²) in [5.41, 5.74) is 3.80. The Balaban J connectivity index is 0.000000531. The quantitative estimate of drug-likeness (QED) is 0.483. The molecule has 0 N–H and O–H groups in total. The van der Waals surface area contributed by atoms with Crippen molar-refractivity contribution in [1.29, 1.82) is 0 Å². The van der Waals surface area contributed by atoms with E-state index in [0.29, 0.717) is 5.41 Å². The van der Waals surface area contributed by atoms with Crippen molar-refractivity contribution < 1.29 is 0 Å². The average Bonchev–Trinajstić information content (AvgIpc) is 2.26. The fourth-order valence-corrected chi connectivity index (χ4v) is 2.95. The van der Waals surface area contributed by atoms with E-state index in [2.05, 4.69) is 32.9 Å². The minimum Gasteiger partial charge on any atom is -0.0876 e. The van der Waals surface area contributed by atoms with E-state index in [-0.39, 0.29) is 0 Å². The first kappa shape index (κ1) is 12.5. The van der Waals surface area contributed by atoms with Gasteiger partial charge in [0, 0.05) is 5.41 Å². The summed E-state index contributed by atoms with van der Waals surface area (Å²) in [6.45, 7) is 11.0. The Morgan fingerprint density at radius 2 is 1.87 bits per heavy atom. The lowest BCUT2D eigenvalue weighted by molar-refractivity contribution is 0.286. The molecular weight excluding hydrogens is 180 g/mol. The van der Waals surface area contributed by atoms with Gasteiger partial charge in [-0.25, -0.2) is 0 Å². The molecule has 2 bridgehead atoms. The third kappa shape index (κ3) is 2.04. The standard InChI is InChI=1S/C13H20.C2H6/c1-4-12-8-6-5-7-11-9-13(12,3)10(11)2;1-2/h4,9-10H,5-8H2,1-3H3;1-2H3/b12-4-;. The van der Waals surface area contributed by atoms with Gasteiger partial charge in [0.2, 0.25) is 0 Å². The number of rotatable bonds is 0. The van der Waals surface area contributed by atoms with Crippen molar-refractivity contribution in [3.05, 3.63) is 23.3 Å². The van der Waals surface area contributed by atoms with Crippen molar-refractivity contribution in [3.8, 4) is 0 Å². The number of allylic oxidation sites excluding steroid dienone is 4. The van der Waals surface area contributed by atoms with E-state index in [1.54, 1.807) is 11.1 Å². The van der Waals surface area contributed by atoms with Gasteiger partial charge in [0.25, 0.3) is 0 Å². The number of hydrogen-bond donors (Lipinski definition) is 0. The largest absolute Gasteiger partial charge is 0.0876 e. The fraction of sp³-hybridized carbons (Fsp3) is 0.733. The zero-order chi connectivity index (χ0) is 11.5. The smallest absolute Gasteiger partial charge is 0.0128 e. The van der Waals surface area contributed by atoms with Crippen molar-refractivity contribution >= 4 is 0 Å². The summed E-state index contributed by atoms with van der Waals surface area (Å²) in [6, 6.07) is 0. The molecule has 0 heteroatoms. The Hall–Kier alpha value is -0.520. The van der Waals surface area contributed by atoms with Crippen LogP contribution in [0.15, 0.2) is 23.3 Å². The van der Waals surface area contributed by atoms with Crippen LogP contribution in [0.5, 0.6) is 0 Å². The molecule has 86 valence electrons. The second-order valence-corrected chi connectivity index (χ2v) is 4.74. The number of fused-ring (bicyclic) bond motifs is 4. The second kappa shape index (κ2) is 5.01. The fourth-order valence-electron chi connectivity index (χ4n) is 2.95. The van der Waals surface area contributed by atoms with Crippen molar-refractivity contribution in [2.45, 2.75) is 60.3 Å². The van der Waals surface area contributed by atoms with Crippen LogP contribution in [-0.4, -0.2) is 0 Å². The highest BCUT2D eigenvalue weighted by Crippen LogP contribution is 2.53. The molecule has 0 heterocycles. The maximum Gasteiger partial charge on any atom is 0.0128 e. The molecule has 2 unspecified atom stereocenters.